The monoisotopic (exact) mass is 443 g/mol. The highest BCUT2D eigenvalue weighted by molar-refractivity contribution is 5.94. The van der Waals surface area contributed by atoms with Gasteiger partial charge in [-0.2, -0.15) is 0 Å². The zero-order chi connectivity index (χ0) is 22.8. The van der Waals surface area contributed by atoms with Crippen molar-refractivity contribution in [1.82, 2.24) is 15.2 Å². The molecule has 33 heavy (non-hydrogen) atoms. The van der Waals surface area contributed by atoms with Crippen molar-refractivity contribution in [3.05, 3.63) is 101 Å². The van der Waals surface area contributed by atoms with E-state index in [2.05, 4.69) is 22.4 Å². The zero-order valence-corrected chi connectivity index (χ0v) is 18.3. The van der Waals surface area contributed by atoms with Gasteiger partial charge in [0, 0.05) is 43.7 Å². The minimum atomic E-state index is -0.570. The van der Waals surface area contributed by atoms with Gasteiger partial charge in [-0.15, -0.1) is 0 Å². The lowest BCUT2D eigenvalue weighted by Gasteiger charge is -2.39. The highest BCUT2D eigenvalue weighted by Gasteiger charge is 2.50. The molecular weight excluding hydrogens is 417 g/mol. The van der Waals surface area contributed by atoms with Crippen LogP contribution < -0.4 is 5.32 Å². The summed E-state index contributed by atoms with van der Waals surface area (Å²) in [4.78, 5) is 31.9. The SMILES string of the molecule is O=C1CCC[C@]2(CN(C(=O)c3ccc(Cc4ccccc4)nc3)C[C@H]2c2cccc(F)c2)N1. The molecule has 2 aromatic carbocycles. The fourth-order valence-electron chi connectivity index (χ4n) is 5.20. The van der Waals surface area contributed by atoms with Gasteiger partial charge in [0.2, 0.25) is 5.91 Å². The molecular formula is C27H26FN3O2. The number of likely N-dealkylation sites (tertiary alicyclic amines) is 1. The number of aromatic nitrogens is 1. The fourth-order valence-corrected chi connectivity index (χ4v) is 5.20. The quantitative estimate of drug-likeness (QED) is 0.661. The maximum absolute atomic E-state index is 14.0. The Morgan fingerprint density at radius 1 is 1.12 bits per heavy atom. The summed E-state index contributed by atoms with van der Waals surface area (Å²) in [6.07, 6.45) is 4.34. The lowest BCUT2D eigenvalue weighted by atomic mass is 9.76. The van der Waals surface area contributed by atoms with Gasteiger partial charge in [-0.05, 0) is 48.2 Å². The van der Waals surface area contributed by atoms with Crippen LogP contribution in [0.4, 0.5) is 4.39 Å². The highest BCUT2D eigenvalue weighted by Crippen LogP contribution is 2.41. The Kier molecular flexibility index (Phi) is 5.67. The number of hydrogen-bond acceptors (Lipinski definition) is 3. The number of benzene rings is 2. The first-order chi connectivity index (χ1) is 16.0. The third-order valence-corrected chi connectivity index (χ3v) is 6.80. The predicted molar refractivity (Wildman–Crippen MR) is 123 cm³/mol. The molecule has 0 saturated carbocycles. The summed E-state index contributed by atoms with van der Waals surface area (Å²) in [5.41, 5.74) is 2.82. The predicted octanol–water partition coefficient (Wildman–Crippen LogP) is 4.09. The third kappa shape index (κ3) is 4.38. The van der Waals surface area contributed by atoms with Crippen molar-refractivity contribution in [2.45, 2.75) is 37.1 Å². The van der Waals surface area contributed by atoms with E-state index in [0.717, 1.165) is 29.7 Å². The second-order valence-corrected chi connectivity index (χ2v) is 9.05. The van der Waals surface area contributed by atoms with E-state index in [1.165, 1.54) is 12.1 Å². The van der Waals surface area contributed by atoms with Gasteiger partial charge in [0.15, 0.2) is 0 Å². The molecule has 6 heteroatoms. The van der Waals surface area contributed by atoms with Crippen molar-refractivity contribution in [1.29, 1.82) is 0 Å². The molecule has 0 unspecified atom stereocenters. The van der Waals surface area contributed by atoms with E-state index in [4.69, 9.17) is 0 Å². The number of carbonyl (C=O) groups is 2. The van der Waals surface area contributed by atoms with Gasteiger partial charge in [0.05, 0.1) is 11.1 Å². The van der Waals surface area contributed by atoms with Gasteiger partial charge in [-0.3, -0.25) is 14.6 Å². The van der Waals surface area contributed by atoms with Gasteiger partial charge >= 0.3 is 0 Å². The van der Waals surface area contributed by atoms with Gasteiger partial charge in [-0.25, -0.2) is 4.39 Å². The van der Waals surface area contributed by atoms with Crippen LogP contribution in [-0.4, -0.2) is 40.3 Å². The molecule has 3 heterocycles. The molecule has 1 spiro atoms. The first-order valence-corrected chi connectivity index (χ1v) is 11.4. The summed E-state index contributed by atoms with van der Waals surface area (Å²) in [7, 11) is 0. The Bertz CT molecular complexity index is 1170. The number of hydrogen-bond donors (Lipinski definition) is 1. The van der Waals surface area contributed by atoms with Crippen LogP contribution in [0.1, 0.15) is 52.4 Å². The molecule has 168 valence electrons. The zero-order valence-electron chi connectivity index (χ0n) is 18.3. The number of nitrogens with one attached hydrogen (secondary N) is 1. The van der Waals surface area contributed by atoms with Crippen LogP contribution in [-0.2, 0) is 11.2 Å². The highest BCUT2D eigenvalue weighted by atomic mass is 19.1. The maximum Gasteiger partial charge on any atom is 0.255 e. The molecule has 0 bridgehead atoms. The number of halogens is 1. The number of rotatable bonds is 4. The molecule has 5 rings (SSSR count). The minimum Gasteiger partial charge on any atom is -0.348 e. The van der Waals surface area contributed by atoms with E-state index in [9.17, 15) is 14.0 Å². The van der Waals surface area contributed by atoms with Crippen molar-refractivity contribution in [3.8, 4) is 0 Å². The Morgan fingerprint density at radius 2 is 1.97 bits per heavy atom. The molecule has 1 N–H and O–H groups in total. The molecule has 1 aromatic heterocycles. The van der Waals surface area contributed by atoms with Gasteiger partial charge in [-0.1, -0.05) is 42.5 Å². The number of amides is 2. The van der Waals surface area contributed by atoms with E-state index >= 15 is 0 Å². The standard InChI is InChI=1S/C27H26FN3O2/c28-22-9-4-8-20(15-22)24-17-31(18-27(24)13-5-10-25(32)30-27)26(33)21-11-12-23(29-16-21)14-19-6-2-1-3-7-19/h1-4,6-9,11-12,15-16,24H,5,10,13-14,17-18H2,(H,30,32)/t24-,27+/m0/s1. The molecule has 2 aliphatic heterocycles. The summed E-state index contributed by atoms with van der Waals surface area (Å²) in [5, 5.41) is 3.16. The molecule has 2 aliphatic rings. The Hall–Kier alpha value is -3.54. The van der Waals surface area contributed by atoms with Crippen molar-refractivity contribution in [3.63, 3.8) is 0 Å². The van der Waals surface area contributed by atoms with Crippen molar-refractivity contribution in [2.24, 2.45) is 0 Å². The second kappa shape index (κ2) is 8.77. The van der Waals surface area contributed by atoms with Crippen molar-refractivity contribution >= 4 is 11.8 Å². The first kappa shape index (κ1) is 21.3. The van der Waals surface area contributed by atoms with E-state index < -0.39 is 5.54 Å². The number of carbonyl (C=O) groups excluding carboxylic acids is 2. The molecule has 2 atom stereocenters. The largest absolute Gasteiger partial charge is 0.348 e. The Labute approximate surface area is 192 Å². The normalized spacial score (nSPS) is 22.4. The fraction of sp³-hybridized carbons (Fsp3) is 0.296. The second-order valence-electron chi connectivity index (χ2n) is 9.05. The van der Waals surface area contributed by atoms with Crippen LogP contribution >= 0.6 is 0 Å². The Balaban J connectivity index is 1.37. The summed E-state index contributed by atoms with van der Waals surface area (Å²) >= 11 is 0. The molecule has 2 fully saturated rings. The molecule has 3 aromatic rings. The van der Waals surface area contributed by atoms with Crippen molar-refractivity contribution in [2.75, 3.05) is 13.1 Å². The van der Waals surface area contributed by atoms with Crippen LogP contribution in [0, 0.1) is 5.82 Å². The summed E-state index contributed by atoms with van der Waals surface area (Å²) < 4.78 is 14.0. The summed E-state index contributed by atoms with van der Waals surface area (Å²) in [5.74, 6) is -0.602. The minimum absolute atomic E-state index is 0.0103. The van der Waals surface area contributed by atoms with Crippen molar-refractivity contribution < 1.29 is 14.0 Å². The van der Waals surface area contributed by atoms with E-state index in [1.54, 1.807) is 17.2 Å². The van der Waals surface area contributed by atoms with Crippen LogP contribution in [0.15, 0.2) is 72.9 Å². The Morgan fingerprint density at radius 3 is 2.70 bits per heavy atom. The van der Waals surface area contributed by atoms with E-state index in [1.807, 2.05) is 36.4 Å². The van der Waals surface area contributed by atoms with Gasteiger partial charge in [0.25, 0.3) is 5.91 Å². The topological polar surface area (TPSA) is 62.3 Å². The van der Waals surface area contributed by atoms with Crippen LogP contribution in [0.3, 0.4) is 0 Å². The molecule has 5 nitrogen and oxygen atoms in total. The lowest BCUT2D eigenvalue weighted by molar-refractivity contribution is -0.125. The molecule has 2 saturated heterocycles. The molecule has 0 radical (unpaired) electrons. The average molecular weight is 444 g/mol. The molecule has 2 amide bonds. The van der Waals surface area contributed by atoms with E-state index in [-0.39, 0.29) is 23.5 Å². The van der Waals surface area contributed by atoms with Crippen LogP contribution in [0.2, 0.25) is 0 Å². The maximum atomic E-state index is 14.0. The van der Waals surface area contributed by atoms with Crippen LogP contribution in [0.5, 0.6) is 0 Å². The number of nitrogens with zero attached hydrogens (tertiary/aromatic N) is 2. The van der Waals surface area contributed by atoms with Gasteiger partial charge in [0.1, 0.15) is 5.82 Å². The number of pyridine rings is 1. The van der Waals surface area contributed by atoms with Gasteiger partial charge < -0.3 is 10.2 Å². The smallest absolute Gasteiger partial charge is 0.255 e. The number of piperidine rings is 1. The molecule has 0 aliphatic carbocycles. The summed E-state index contributed by atoms with van der Waals surface area (Å²) in [6, 6.07) is 20.3. The third-order valence-electron chi connectivity index (χ3n) is 6.80. The first-order valence-electron chi connectivity index (χ1n) is 11.4. The van der Waals surface area contributed by atoms with Crippen LogP contribution in [0.25, 0.3) is 0 Å². The average Bonchev–Trinajstić information content (AvgIpc) is 3.18. The summed E-state index contributed by atoms with van der Waals surface area (Å²) in [6.45, 7) is 0.832. The van der Waals surface area contributed by atoms with E-state index in [0.29, 0.717) is 31.5 Å². The lowest BCUT2D eigenvalue weighted by Crippen LogP contribution is -2.56.